The maximum Gasteiger partial charge on any atom is 0.331 e. The minimum atomic E-state index is -0.813. The summed E-state index contributed by atoms with van der Waals surface area (Å²) in [6, 6.07) is 5.77. The number of carboxylic acids is 1. The van der Waals surface area contributed by atoms with E-state index in [4.69, 9.17) is 16.7 Å². The lowest BCUT2D eigenvalue weighted by atomic mass is 10.1. The molecule has 17 heavy (non-hydrogen) atoms. The van der Waals surface area contributed by atoms with Crippen molar-refractivity contribution in [3.8, 4) is 0 Å². The van der Waals surface area contributed by atoms with E-state index in [1.54, 1.807) is 6.08 Å². The molecule has 1 aliphatic heterocycles. The van der Waals surface area contributed by atoms with Crippen molar-refractivity contribution in [2.24, 2.45) is 0 Å². The molecule has 90 valence electrons. The van der Waals surface area contributed by atoms with Crippen LogP contribution in [0.3, 0.4) is 0 Å². The number of halogens is 1. The maximum atomic E-state index is 10.8. The highest BCUT2D eigenvalue weighted by molar-refractivity contribution is 6.30. The molecule has 0 spiro atoms. The smallest absolute Gasteiger partial charge is 0.331 e. The van der Waals surface area contributed by atoms with Gasteiger partial charge in [-0.2, -0.15) is 0 Å². The Morgan fingerprint density at radius 2 is 2.24 bits per heavy atom. The number of hydrogen-bond acceptors (Lipinski definition) is 2. The van der Waals surface area contributed by atoms with Gasteiger partial charge in [-0.3, -0.25) is 0 Å². The summed E-state index contributed by atoms with van der Waals surface area (Å²) >= 11 is 5.98. The van der Waals surface area contributed by atoms with E-state index >= 15 is 0 Å². The molecular weight excluding hydrogens is 238 g/mol. The van der Waals surface area contributed by atoms with Gasteiger partial charge in [-0.25, -0.2) is 4.79 Å². The molecule has 3 nitrogen and oxygen atoms in total. The predicted octanol–water partition coefficient (Wildman–Crippen LogP) is 2.87. The molecule has 1 heterocycles. The Labute approximate surface area is 105 Å². The molecule has 1 aromatic carbocycles. The van der Waals surface area contributed by atoms with Crippen molar-refractivity contribution in [1.29, 1.82) is 0 Å². The Kier molecular flexibility index (Phi) is 3.38. The molecule has 0 fully saturated rings. The van der Waals surface area contributed by atoms with Crippen LogP contribution in [0.2, 0.25) is 5.02 Å². The maximum absolute atomic E-state index is 10.8. The van der Waals surface area contributed by atoms with Crippen LogP contribution in [-0.4, -0.2) is 24.2 Å². The molecule has 0 aromatic heterocycles. The van der Waals surface area contributed by atoms with Gasteiger partial charge in [0.2, 0.25) is 0 Å². The van der Waals surface area contributed by atoms with Crippen molar-refractivity contribution < 1.29 is 9.90 Å². The lowest BCUT2D eigenvalue weighted by Crippen LogP contribution is -2.30. The highest BCUT2D eigenvalue weighted by atomic mass is 35.5. The fourth-order valence-electron chi connectivity index (χ4n) is 2.01. The number of aliphatic carboxylic acids is 1. The van der Waals surface area contributed by atoms with Gasteiger partial charge in [0.15, 0.2) is 0 Å². The van der Waals surface area contributed by atoms with Gasteiger partial charge < -0.3 is 10.0 Å². The average molecular weight is 252 g/mol. The van der Waals surface area contributed by atoms with Gasteiger partial charge in [0, 0.05) is 29.4 Å². The highest BCUT2D eigenvalue weighted by Gasteiger charge is 2.17. The SMILES string of the molecule is Cc1ccc(Cl)cc1N1CC=C(C(=O)O)CC1. The van der Waals surface area contributed by atoms with E-state index in [0.717, 1.165) is 17.8 Å². The summed E-state index contributed by atoms with van der Waals surface area (Å²) in [5, 5.41) is 9.59. The minimum absolute atomic E-state index is 0.501. The minimum Gasteiger partial charge on any atom is -0.478 e. The molecule has 0 bridgehead atoms. The normalized spacial score (nSPS) is 15.6. The third-order valence-electron chi connectivity index (χ3n) is 3.00. The van der Waals surface area contributed by atoms with Gasteiger partial charge in [0.1, 0.15) is 0 Å². The first kappa shape index (κ1) is 12.0. The van der Waals surface area contributed by atoms with Gasteiger partial charge in [-0.1, -0.05) is 23.7 Å². The second-order valence-corrected chi connectivity index (χ2v) is 4.60. The van der Waals surface area contributed by atoms with E-state index in [-0.39, 0.29) is 0 Å². The zero-order chi connectivity index (χ0) is 12.4. The van der Waals surface area contributed by atoms with Gasteiger partial charge in [-0.15, -0.1) is 0 Å². The van der Waals surface area contributed by atoms with Gasteiger partial charge in [0.25, 0.3) is 0 Å². The van der Waals surface area contributed by atoms with Crippen LogP contribution in [0.5, 0.6) is 0 Å². The van der Waals surface area contributed by atoms with Crippen LogP contribution >= 0.6 is 11.6 Å². The number of hydrogen-bond donors (Lipinski definition) is 1. The van der Waals surface area contributed by atoms with Gasteiger partial charge in [-0.05, 0) is 31.0 Å². The Morgan fingerprint density at radius 3 is 2.82 bits per heavy atom. The standard InChI is InChI=1S/C13H14ClNO2/c1-9-2-3-11(14)8-12(9)15-6-4-10(5-7-15)13(16)17/h2-4,8H,5-7H2,1H3,(H,16,17). The average Bonchev–Trinajstić information content (AvgIpc) is 2.32. The summed E-state index contributed by atoms with van der Waals surface area (Å²) in [6.07, 6.45) is 2.34. The van der Waals surface area contributed by atoms with E-state index < -0.39 is 5.97 Å². The molecule has 0 aliphatic carbocycles. The van der Waals surface area contributed by atoms with E-state index in [1.807, 2.05) is 25.1 Å². The zero-order valence-electron chi connectivity index (χ0n) is 9.61. The van der Waals surface area contributed by atoms with E-state index in [9.17, 15) is 4.79 Å². The monoisotopic (exact) mass is 251 g/mol. The molecule has 2 rings (SSSR count). The third kappa shape index (κ3) is 2.61. The molecule has 0 unspecified atom stereocenters. The summed E-state index contributed by atoms with van der Waals surface area (Å²) in [7, 11) is 0. The first-order valence-electron chi connectivity index (χ1n) is 5.51. The molecule has 0 saturated heterocycles. The molecular formula is C13H14ClNO2. The van der Waals surface area contributed by atoms with Crippen molar-refractivity contribution in [3.05, 3.63) is 40.4 Å². The summed E-state index contributed by atoms with van der Waals surface area (Å²) in [5.41, 5.74) is 2.74. The zero-order valence-corrected chi connectivity index (χ0v) is 10.4. The number of nitrogens with zero attached hydrogens (tertiary/aromatic N) is 1. The van der Waals surface area contributed by atoms with Crippen molar-refractivity contribution in [3.63, 3.8) is 0 Å². The summed E-state index contributed by atoms with van der Waals surface area (Å²) in [6.45, 7) is 3.38. The van der Waals surface area contributed by atoms with Crippen LogP contribution in [0.4, 0.5) is 5.69 Å². The van der Waals surface area contributed by atoms with Crippen molar-refractivity contribution in [2.75, 3.05) is 18.0 Å². The van der Waals surface area contributed by atoms with Gasteiger partial charge >= 0.3 is 5.97 Å². The number of benzene rings is 1. The van der Waals surface area contributed by atoms with Crippen LogP contribution in [0.25, 0.3) is 0 Å². The summed E-state index contributed by atoms with van der Waals surface area (Å²) in [4.78, 5) is 13.0. The number of carboxylic acid groups (broad SMARTS) is 1. The largest absolute Gasteiger partial charge is 0.478 e. The Hall–Kier alpha value is -1.48. The van der Waals surface area contributed by atoms with E-state index in [1.165, 1.54) is 0 Å². The van der Waals surface area contributed by atoms with Crippen LogP contribution in [-0.2, 0) is 4.79 Å². The topological polar surface area (TPSA) is 40.5 Å². The quantitative estimate of drug-likeness (QED) is 0.879. The molecule has 0 radical (unpaired) electrons. The summed E-state index contributed by atoms with van der Waals surface area (Å²) in [5.74, 6) is -0.813. The van der Waals surface area contributed by atoms with Crippen LogP contribution in [0.1, 0.15) is 12.0 Å². The fraction of sp³-hybridized carbons (Fsp3) is 0.308. The first-order valence-corrected chi connectivity index (χ1v) is 5.89. The molecule has 0 amide bonds. The Balaban J connectivity index is 2.21. The fourth-order valence-corrected chi connectivity index (χ4v) is 2.17. The van der Waals surface area contributed by atoms with Crippen LogP contribution < -0.4 is 4.90 Å². The lowest BCUT2D eigenvalue weighted by molar-refractivity contribution is -0.132. The van der Waals surface area contributed by atoms with E-state index in [2.05, 4.69) is 4.90 Å². The molecule has 1 aromatic rings. The van der Waals surface area contributed by atoms with E-state index in [0.29, 0.717) is 23.6 Å². The molecule has 1 aliphatic rings. The Bertz CT molecular complexity index is 482. The number of carbonyl (C=O) groups is 1. The number of rotatable bonds is 2. The molecule has 4 heteroatoms. The predicted molar refractivity (Wildman–Crippen MR) is 68.7 cm³/mol. The number of anilines is 1. The van der Waals surface area contributed by atoms with Crippen LogP contribution in [0.15, 0.2) is 29.8 Å². The second kappa shape index (κ2) is 4.80. The van der Waals surface area contributed by atoms with Gasteiger partial charge in [0.05, 0.1) is 0 Å². The highest BCUT2D eigenvalue weighted by Crippen LogP contribution is 2.26. The number of aryl methyl sites for hydroxylation is 1. The summed E-state index contributed by atoms with van der Waals surface area (Å²) < 4.78 is 0. The molecule has 1 N–H and O–H groups in total. The van der Waals surface area contributed by atoms with Crippen molar-refractivity contribution in [1.82, 2.24) is 0 Å². The first-order chi connectivity index (χ1) is 8.08. The lowest BCUT2D eigenvalue weighted by Gasteiger charge is -2.28. The second-order valence-electron chi connectivity index (χ2n) is 4.16. The molecule has 0 atom stereocenters. The molecule has 0 saturated carbocycles. The Morgan fingerprint density at radius 1 is 1.47 bits per heavy atom. The third-order valence-corrected chi connectivity index (χ3v) is 3.23. The van der Waals surface area contributed by atoms with Crippen molar-refractivity contribution in [2.45, 2.75) is 13.3 Å². The van der Waals surface area contributed by atoms with Crippen LogP contribution in [0, 0.1) is 6.92 Å². The van der Waals surface area contributed by atoms with Crippen molar-refractivity contribution >= 4 is 23.3 Å².